The number of hydrogen-bond acceptors (Lipinski definition) is 4. The smallest absolute Gasteiger partial charge is 0.186 e. The highest BCUT2D eigenvalue weighted by Crippen LogP contribution is 2.24. The molecule has 0 aliphatic carbocycles. The predicted molar refractivity (Wildman–Crippen MR) is 79.0 cm³/mol. The van der Waals surface area contributed by atoms with Crippen molar-refractivity contribution in [2.24, 2.45) is 0 Å². The lowest BCUT2D eigenvalue weighted by Gasteiger charge is -2.19. The second kappa shape index (κ2) is 7.34. The molecule has 2 rings (SSSR count). The van der Waals surface area contributed by atoms with E-state index in [-0.39, 0.29) is 11.9 Å². The number of rotatable bonds is 6. The molecule has 1 N–H and O–H groups in total. The van der Waals surface area contributed by atoms with Gasteiger partial charge in [-0.05, 0) is 18.4 Å². The summed E-state index contributed by atoms with van der Waals surface area (Å²) < 4.78 is 14.2. The summed E-state index contributed by atoms with van der Waals surface area (Å²) in [6, 6.07) is 11.6. The maximum Gasteiger partial charge on any atom is 0.186 e. The van der Waals surface area contributed by atoms with Crippen molar-refractivity contribution in [2.75, 3.05) is 5.32 Å². The van der Waals surface area contributed by atoms with E-state index in [1.807, 2.05) is 37.3 Å². The standard InChI is InChI=1S/C16H17FN4/c1-2-13-15(17)16(20-11-19-13)21-14(9-6-10-18)12-7-4-3-5-8-12/h3-5,7-8,11,14H,2,6,9H2,1H3,(H,19,20,21). The molecule has 0 saturated carbocycles. The zero-order chi connectivity index (χ0) is 15.1. The minimum atomic E-state index is -0.419. The Balaban J connectivity index is 2.25. The van der Waals surface area contributed by atoms with Gasteiger partial charge in [-0.15, -0.1) is 0 Å². The summed E-state index contributed by atoms with van der Waals surface area (Å²) in [6.45, 7) is 1.85. The molecule has 0 bridgehead atoms. The van der Waals surface area contributed by atoms with E-state index in [1.165, 1.54) is 6.33 Å². The number of anilines is 1. The van der Waals surface area contributed by atoms with E-state index >= 15 is 0 Å². The quantitative estimate of drug-likeness (QED) is 0.879. The Morgan fingerprint density at radius 3 is 2.71 bits per heavy atom. The number of nitrogens with zero attached hydrogens (tertiary/aromatic N) is 3. The fourth-order valence-corrected chi connectivity index (χ4v) is 2.13. The van der Waals surface area contributed by atoms with Crippen molar-refractivity contribution in [2.45, 2.75) is 32.2 Å². The highest BCUT2D eigenvalue weighted by Gasteiger charge is 2.16. The van der Waals surface area contributed by atoms with Crippen LogP contribution in [0.1, 0.15) is 37.1 Å². The van der Waals surface area contributed by atoms with E-state index in [2.05, 4.69) is 21.4 Å². The van der Waals surface area contributed by atoms with Crippen molar-refractivity contribution in [3.05, 3.63) is 53.7 Å². The molecule has 1 unspecified atom stereocenters. The average molecular weight is 284 g/mol. The van der Waals surface area contributed by atoms with Crippen LogP contribution in [-0.4, -0.2) is 9.97 Å². The van der Waals surface area contributed by atoms with Gasteiger partial charge in [0.05, 0.1) is 17.8 Å². The third kappa shape index (κ3) is 3.76. The molecular weight excluding hydrogens is 267 g/mol. The van der Waals surface area contributed by atoms with Gasteiger partial charge in [0.15, 0.2) is 11.6 Å². The molecule has 2 aromatic rings. The fourth-order valence-electron chi connectivity index (χ4n) is 2.13. The summed E-state index contributed by atoms with van der Waals surface area (Å²) in [5, 5.41) is 11.9. The summed E-state index contributed by atoms with van der Waals surface area (Å²) in [4.78, 5) is 7.90. The number of nitriles is 1. The largest absolute Gasteiger partial charge is 0.361 e. The van der Waals surface area contributed by atoms with Crippen LogP contribution in [0.4, 0.5) is 10.2 Å². The fraction of sp³-hybridized carbons (Fsp3) is 0.312. The summed E-state index contributed by atoms with van der Waals surface area (Å²) in [5.74, 6) is -0.230. The van der Waals surface area contributed by atoms with Gasteiger partial charge in [0.25, 0.3) is 0 Å². The zero-order valence-corrected chi connectivity index (χ0v) is 11.9. The molecule has 0 fully saturated rings. The molecule has 1 aromatic carbocycles. The van der Waals surface area contributed by atoms with Gasteiger partial charge < -0.3 is 5.32 Å². The number of aromatic nitrogens is 2. The molecule has 0 saturated heterocycles. The van der Waals surface area contributed by atoms with E-state index in [1.54, 1.807) is 0 Å². The monoisotopic (exact) mass is 284 g/mol. The molecular formula is C16H17FN4. The Morgan fingerprint density at radius 2 is 2.05 bits per heavy atom. The lowest BCUT2D eigenvalue weighted by Crippen LogP contribution is -2.14. The Bertz CT molecular complexity index is 622. The van der Waals surface area contributed by atoms with Crippen LogP contribution in [-0.2, 0) is 6.42 Å². The molecule has 0 spiro atoms. The van der Waals surface area contributed by atoms with Crippen LogP contribution in [0.2, 0.25) is 0 Å². The van der Waals surface area contributed by atoms with Crippen molar-refractivity contribution in [3.8, 4) is 6.07 Å². The zero-order valence-electron chi connectivity index (χ0n) is 11.9. The van der Waals surface area contributed by atoms with E-state index in [0.29, 0.717) is 25.0 Å². The van der Waals surface area contributed by atoms with Crippen molar-refractivity contribution in [1.82, 2.24) is 9.97 Å². The van der Waals surface area contributed by atoms with Crippen molar-refractivity contribution < 1.29 is 4.39 Å². The third-order valence-electron chi connectivity index (χ3n) is 3.25. The van der Waals surface area contributed by atoms with Gasteiger partial charge in [0, 0.05) is 6.42 Å². The van der Waals surface area contributed by atoms with Crippen molar-refractivity contribution >= 4 is 5.82 Å². The van der Waals surface area contributed by atoms with Crippen molar-refractivity contribution in [3.63, 3.8) is 0 Å². The van der Waals surface area contributed by atoms with Crippen LogP contribution in [0.3, 0.4) is 0 Å². The normalized spacial score (nSPS) is 11.7. The van der Waals surface area contributed by atoms with Gasteiger partial charge in [-0.1, -0.05) is 37.3 Å². The molecule has 0 aliphatic rings. The first-order chi connectivity index (χ1) is 10.3. The lowest BCUT2D eigenvalue weighted by molar-refractivity contribution is 0.589. The van der Waals surface area contributed by atoms with Gasteiger partial charge >= 0.3 is 0 Å². The van der Waals surface area contributed by atoms with Crippen LogP contribution < -0.4 is 5.32 Å². The first-order valence-electron chi connectivity index (χ1n) is 6.94. The van der Waals surface area contributed by atoms with Crippen LogP contribution in [0.15, 0.2) is 36.7 Å². The maximum atomic E-state index is 14.2. The summed E-state index contributed by atoms with van der Waals surface area (Å²) in [6.07, 6.45) is 2.85. The predicted octanol–water partition coefficient (Wildman–Crippen LogP) is 3.64. The molecule has 0 radical (unpaired) electrons. The first kappa shape index (κ1) is 14.9. The molecule has 4 nitrogen and oxygen atoms in total. The topological polar surface area (TPSA) is 61.6 Å². The number of benzene rings is 1. The van der Waals surface area contributed by atoms with Crippen LogP contribution in [0.25, 0.3) is 0 Å². The summed E-state index contributed by atoms with van der Waals surface area (Å²) in [7, 11) is 0. The maximum absolute atomic E-state index is 14.2. The Labute approximate surface area is 123 Å². The second-order valence-electron chi connectivity index (χ2n) is 4.64. The van der Waals surface area contributed by atoms with E-state index in [9.17, 15) is 4.39 Å². The third-order valence-corrected chi connectivity index (χ3v) is 3.25. The molecule has 0 aliphatic heterocycles. The minimum Gasteiger partial charge on any atom is -0.361 e. The van der Waals surface area contributed by atoms with Gasteiger partial charge in [0.1, 0.15) is 6.33 Å². The first-order valence-corrected chi connectivity index (χ1v) is 6.94. The van der Waals surface area contributed by atoms with E-state index < -0.39 is 5.82 Å². The number of nitrogens with one attached hydrogen (secondary N) is 1. The van der Waals surface area contributed by atoms with Crippen LogP contribution in [0, 0.1) is 17.1 Å². The van der Waals surface area contributed by atoms with E-state index in [0.717, 1.165) is 5.56 Å². The Morgan fingerprint density at radius 1 is 1.29 bits per heavy atom. The SMILES string of the molecule is CCc1ncnc(NC(CCC#N)c2ccccc2)c1F. The molecule has 1 heterocycles. The molecule has 21 heavy (non-hydrogen) atoms. The molecule has 1 atom stereocenters. The van der Waals surface area contributed by atoms with E-state index in [4.69, 9.17) is 5.26 Å². The second-order valence-corrected chi connectivity index (χ2v) is 4.64. The van der Waals surface area contributed by atoms with Crippen molar-refractivity contribution in [1.29, 1.82) is 5.26 Å². The number of halogens is 1. The highest BCUT2D eigenvalue weighted by molar-refractivity contribution is 5.40. The summed E-state index contributed by atoms with van der Waals surface area (Å²) >= 11 is 0. The minimum absolute atomic E-state index is 0.153. The van der Waals surface area contributed by atoms with Gasteiger partial charge in [-0.3, -0.25) is 0 Å². The number of hydrogen-bond donors (Lipinski definition) is 1. The van der Waals surface area contributed by atoms with Crippen LogP contribution in [0.5, 0.6) is 0 Å². The highest BCUT2D eigenvalue weighted by atomic mass is 19.1. The Kier molecular flexibility index (Phi) is 5.22. The summed E-state index contributed by atoms with van der Waals surface area (Å²) in [5.41, 5.74) is 1.39. The Hall–Kier alpha value is -2.48. The molecule has 108 valence electrons. The molecule has 0 amide bonds. The van der Waals surface area contributed by atoms with Gasteiger partial charge in [-0.2, -0.15) is 5.26 Å². The van der Waals surface area contributed by atoms with Crippen LogP contribution >= 0.6 is 0 Å². The average Bonchev–Trinajstić information content (AvgIpc) is 2.53. The lowest BCUT2D eigenvalue weighted by atomic mass is 10.0. The molecule has 1 aromatic heterocycles. The van der Waals surface area contributed by atoms with Gasteiger partial charge in [-0.25, -0.2) is 14.4 Å². The van der Waals surface area contributed by atoms with Gasteiger partial charge in [0.2, 0.25) is 0 Å². The number of aryl methyl sites for hydroxylation is 1. The molecule has 5 heteroatoms.